The predicted octanol–water partition coefficient (Wildman–Crippen LogP) is 5.67. The lowest BCUT2D eigenvalue weighted by molar-refractivity contribution is 0.357. The van der Waals surface area contributed by atoms with Gasteiger partial charge in [0.05, 0.1) is 0 Å². The first kappa shape index (κ1) is 15.0. The normalized spacial score (nSPS) is 23.8. The van der Waals surface area contributed by atoms with Crippen LogP contribution in [0.2, 0.25) is 0 Å². The van der Waals surface area contributed by atoms with E-state index >= 15 is 0 Å². The van der Waals surface area contributed by atoms with E-state index in [0.717, 1.165) is 12.8 Å². The molecule has 2 heteroatoms. The van der Waals surface area contributed by atoms with Crippen LogP contribution in [0, 0.1) is 30.4 Å². The molecule has 0 radical (unpaired) electrons. The zero-order valence-corrected chi connectivity index (χ0v) is 12.2. The van der Waals surface area contributed by atoms with E-state index in [-0.39, 0.29) is 0 Å². The minimum Gasteiger partial charge on any atom is -0.203 e. The van der Waals surface area contributed by atoms with Crippen molar-refractivity contribution in [1.29, 1.82) is 0 Å². The third-order valence-electron chi connectivity index (χ3n) is 4.13. The summed E-state index contributed by atoms with van der Waals surface area (Å²) in [6, 6.07) is 3.27. The van der Waals surface area contributed by atoms with Gasteiger partial charge in [-0.25, -0.2) is 8.78 Å². The van der Waals surface area contributed by atoms with Crippen molar-refractivity contribution in [3.8, 4) is 0 Å². The Hall–Kier alpha value is -1.44. The quantitative estimate of drug-likeness (QED) is 0.624. The number of hydrogen-bond acceptors (Lipinski definition) is 0. The summed E-state index contributed by atoms with van der Waals surface area (Å²) in [6.45, 7) is 3.63. The van der Waals surface area contributed by atoms with E-state index in [4.69, 9.17) is 0 Å². The lowest BCUT2D eigenvalue weighted by Gasteiger charge is -2.24. The smallest absolute Gasteiger partial charge is 0.166 e. The Balaban J connectivity index is 1.99. The van der Waals surface area contributed by atoms with Gasteiger partial charge in [0.2, 0.25) is 0 Å². The molecular formula is C18H22F2. The van der Waals surface area contributed by atoms with Gasteiger partial charge in [-0.05, 0) is 56.9 Å². The monoisotopic (exact) mass is 276 g/mol. The van der Waals surface area contributed by atoms with Crippen molar-refractivity contribution in [2.75, 3.05) is 0 Å². The average Bonchev–Trinajstić information content (AvgIpc) is 2.46. The van der Waals surface area contributed by atoms with Gasteiger partial charge >= 0.3 is 0 Å². The highest BCUT2D eigenvalue weighted by Gasteiger charge is 2.17. The molecule has 0 N–H and O–H groups in total. The van der Waals surface area contributed by atoms with Crippen LogP contribution in [-0.2, 0) is 0 Å². The topological polar surface area (TPSA) is 0 Å². The number of hydrogen-bond donors (Lipinski definition) is 0. The summed E-state index contributed by atoms with van der Waals surface area (Å²) < 4.78 is 27.2. The molecule has 2 rings (SSSR count). The fraction of sp³-hybridized carbons (Fsp3) is 0.444. The molecule has 0 spiro atoms. The van der Waals surface area contributed by atoms with E-state index in [9.17, 15) is 8.78 Å². The van der Waals surface area contributed by atoms with Crippen LogP contribution in [0.4, 0.5) is 8.78 Å². The van der Waals surface area contributed by atoms with E-state index in [1.54, 1.807) is 25.1 Å². The van der Waals surface area contributed by atoms with Gasteiger partial charge in [0.1, 0.15) is 0 Å². The molecule has 1 aliphatic carbocycles. The molecule has 0 saturated heterocycles. The molecule has 1 aliphatic rings. The molecule has 0 atom stereocenters. The van der Waals surface area contributed by atoms with Gasteiger partial charge in [-0.3, -0.25) is 0 Å². The van der Waals surface area contributed by atoms with Gasteiger partial charge in [0.15, 0.2) is 11.6 Å². The summed E-state index contributed by atoms with van der Waals surface area (Å²) in [5.74, 6) is -0.286. The molecule has 0 heterocycles. The third kappa shape index (κ3) is 3.56. The first-order chi connectivity index (χ1) is 9.61. The van der Waals surface area contributed by atoms with Crippen LogP contribution in [0.15, 0.2) is 30.4 Å². The van der Waals surface area contributed by atoms with Crippen molar-refractivity contribution in [3.05, 3.63) is 53.1 Å². The van der Waals surface area contributed by atoms with Crippen molar-refractivity contribution in [1.82, 2.24) is 0 Å². The van der Waals surface area contributed by atoms with Crippen LogP contribution in [0.5, 0.6) is 0 Å². The Morgan fingerprint density at radius 3 is 2.15 bits per heavy atom. The average molecular weight is 276 g/mol. The van der Waals surface area contributed by atoms with E-state index in [1.807, 2.05) is 6.08 Å². The van der Waals surface area contributed by atoms with E-state index in [2.05, 4.69) is 19.1 Å². The molecule has 0 bridgehead atoms. The first-order valence-corrected chi connectivity index (χ1v) is 7.37. The summed E-state index contributed by atoms with van der Waals surface area (Å²) >= 11 is 0. The van der Waals surface area contributed by atoms with Gasteiger partial charge in [0, 0.05) is 5.56 Å². The molecule has 1 fully saturated rings. The zero-order valence-electron chi connectivity index (χ0n) is 12.2. The van der Waals surface area contributed by atoms with Crippen LogP contribution < -0.4 is 0 Å². The van der Waals surface area contributed by atoms with Crippen LogP contribution in [0.1, 0.15) is 43.7 Å². The van der Waals surface area contributed by atoms with Gasteiger partial charge < -0.3 is 0 Å². The maximum atomic E-state index is 13.7. The first-order valence-electron chi connectivity index (χ1n) is 7.37. The zero-order chi connectivity index (χ0) is 14.5. The predicted molar refractivity (Wildman–Crippen MR) is 80.4 cm³/mol. The minimum atomic E-state index is -0.733. The summed E-state index contributed by atoms with van der Waals surface area (Å²) in [6.07, 6.45) is 12.8. The molecule has 0 aromatic heterocycles. The molecule has 0 unspecified atom stereocenters. The minimum absolute atomic E-state index is 0.351. The van der Waals surface area contributed by atoms with E-state index in [0.29, 0.717) is 23.0 Å². The summed E-state index contributed by atoms with van der Waals surface area (Å²) in [7, 11) is 0. The standard InChI is InChI=1S/C18H22F2/c1-3-4-14-6-8-15(9-7-14)10-12-16-11-5-13(2)17(19)18(16)20/h3-5,10-12,14-15H,6-9H2,1-2H3. The van der Waals surface area contributed by atoms with Gasteiger partial charge in [0.25, 0.3) is 0 Å². The second kappa shape index (κ2) is 6.83. The summed E-state index contributed by atoms with van der Waals surface area (Å²) in [5.41, 5.74) is 0.704. The lowest BCUT2D eigenvalue weighted by Crippen LogP contribution is -2.11. The van der Waals surface area contributed by atoms with Crippen molar-refractivity contribution in [2.45, 2.75) is 39.5 Å². The number of allylic oxidation sites excluding steroid dienone is 3. The maximum absolute atomic E-state index is 13.7. The van der Waals surface area contributed by atoms with Gasteiger partial charge in [-0.1, -0.05) is 36.4 Å². The third-order valence-corrected chi connectivity index (χ3v) is 4.13. The van der Waals surface area contributed by atoms with E-state index < -0.39 is 11.6 Å². The molecule has 20 heavy (non-hydrogen) atoms. The highest BCUT2D eigenvalue weighted by atomic mass is 19.2. The van der Waals surface area contributed by atoms with Gasteiger partial charge in [-0.2, -0.15) is 0 Å². The number of halogens is 2. The Bertz CT molecular complexity index is 506. The second-order valence-corrected chi connectivity index (χ2v) is 5.66. The Labute approximate surface area is 120 Å². The fourth-order valence-corrected chi connectivity index (χ4v) is 2.83. The molecule has 108 valence electrons. The molecule has 0 nitrogen and oxygen atoms in total. The van der Waals surface area contributed by atoms with E-state index in [1.165, 1.54) is 12.8 Å². The Kier molecular flexibility index (Phi) is 5.11. The molecule has 1 saturated carbocycles. The fourth-order valence-electron chi connectivity index (χ4n) is 2.83. The summed E-state index contributed by atoms with van der Waals surface area (Å²) in [5, 5.41) is 0. The van der Waals surface area contributed by atoms with Crippen molar-refractivity contribution in [3.63, 3.8) is 0 Å². The molecule has 1 aromatic rings. The second-order valence-electron chi connectivity index (χ2n) is 5.66. The number of rotatable bonds is 3. The Morgan fingerprint density at radius 1 is 0.950 bits per heavy atom. The highest BCUT2D eigenvalue weighted by Crippen LogP contribution is 2.31. The Morgan fingerprint density at radius 2 is 1.55 bits per heavy atom. The molecule has 1 aromatic carbocycles. The number of aryl methyl sites for hydroxylation is 1. The van der Waals surface area contributed by atoms with Gasteiger partial charge in [-0.15, -0.1) is 0 Å². The van der Waals surface area contributed by atoms with Crippen molar-refractivity contribution in [2.24, 2.45) is 11.8 Å². The lowest BCUT2D eigenvalue weighted by atomic mass is 9.81. The highest BCUT2D eigenvalue weighted by molar-refractivity contribution is 5.51. The van der Waals surface area contributed by atoms with Crippen LogP contribution >= 0.6 is 0 Å². The van der Waals surface area contributed by atoms with Crippen LogP contribution in [-0.4, -0.2) is 0 Å². The largest absolute Gasteiger partial charge is 0.203 e. The molecule has 0 aliphatic heterocycles. The summed E-state index contributed by atoms with van der Waals surface area (Å²) in [4.78, 5) is 0. The van der Waals surface area contributed by atoms with Crippen LogP contribution in [0.25, 0.3) is 6.08 Å². The molecule has 0 amide bonds. The van der Waals surface area contributed by atoms with Crippen molar-refractivity contribution >= 4 is 6.08 Å². The van der Waals surface area contributed by atoms with Crippen molar-refractivity contribution < 1.29 is 8.78 Å². The SMILES string of the molecule is CC=CC1CCC(C=Cc2ccc(C)c(F)c2F)CC1. The maximum Gasteiger partial charge on any atom is 0.166 e. The van der Waals surface area contributed by atoms with Crippen LogP contribution in [0.3, 0.4) is 0 Å². The molecular weight excluding hydrogens is 254 g/mol. The number of benzene rings is 1.